The molecule has 36 nitrogen and oxygen atoms in total. The third kappa shape index (κ3) is 13.9. The first-order valence-electron chi connectivity index (χ1n) is 24.8. The van der Waals surface area contributed by atoms with Crippen LogP contribution in [-0.4, -0.2) is 349 Å². The van der Waals surface area contributed by atoms with Crippen LogP contribution in [0.25, 0.3) is 0 Å². The summed E-state index contributed by atoms with van der Waals surface area (Å²) in [4.78, 5) is 38.0. The van der Waals surface area contributed by atoms with Crippen molar-refractivity contribution in [2.45, 2.75) is 210 Å². The maximum atomic E-state index is 13.1. The third-order valence-electron chi connectivity index (χ3n) is 14.2. The summed E-state index contributed by atoms with van der Waals surface area (Å²) in [5.74, 6) is -7.11. The number of carbonyl (C=O) groups excluding carboxylic acids is 2. The molecule has 0 aromatic carbocycles. The van der Waals surface area contributed by atoms with Crippen LogP contribution in [0.4, 0.5) is 0 Å². The molecule has 0 bridgehead atoms. The van der Waals surface area contributed by atoms with Crippen molar-refractivity contribution < 1.29 is 169 Å². The highest BCUT2D eigenvalue weighted by Gasteiger charge is 2.61. The van der Waals surface area contributed by atoms with Gasteiger partial charge in [0.15, 0.2) is 31.5 Å². The fourth-order valence-corrected chi connectivity index (χ4v) is 10.0. The van der Waals surface area contributed by atoms with E-state index in [0.717, 1.165) is 13.8 Å². The van der Waals surface area contributed by atoms with Gasteiger partial charge in [0.1, 0.15) is 140 Å². The zero-order valence-corrected chi connectivity index (χ0v) is 41.9. The van der Waals surface area contributed by atoms with Crippen molar-refractivity contribution in [2.24, 2.45) is 0 Å². The summed E-state index contributed by atoms with van der Waals surface area (Å²) in [6, 6.07) is -3.60. The molecule has 29 unspecified atom stereocenters. The Bertz CT molecular complexity index is 1970. The van der Waals surface area contributed by atoms with Gasteiger partial charge >= 0.3 is 5.97 Å². The molecule has 0 saturated carbocycles. The Labute approximate surface area is 446 Å². The van der Waals surface area contributed by atoms with E-state index in [1.807, 2.05) is 0 Å². The van der Waals surface area contributed by atoms with Crippen LogP contribution in [0.5, 0.6) is 0 Å². The fourth-order valence-electron chi connectivity index (χ4n) is 10.0. The number of amides is 2. The lowest BCUT2D eigenvalue weighted by Gasteiger charge is -2.51. The normalized spacial score (nSPS) is 47.7. The lowest BCUT2D eigenvalue weighted by molar-refractivity contribution is -0.392. The lowest BCUT2D eigenvalue weighted by Crippen LogP contribution is -2.71. The summed E-state index contributed by atoms with van der Waals surface area (Å²) in [6.45, 7) is -4.53. The molecule has 0 radical (unpaired) electrons. The molecule has 22 N–H and O–H groups in total. The minimum Gasteiger partial charge on any atom is -0.477 e. The molecule has 458 valence electrons. The minimum absolute atomic E-state index is 0.836. The van der Waals surface area contributed by atoms with Crippen LogP contribution in [0.1, 0.15) is 20.3 Å². The molecular weight excluding hydrogens is 1090 g/mol. The summed E-state index contributed by atoms with van der Waals surface area (Å²) in [5, 5.41) is 219. The molecule has 6 aliphatic rings. The number of aliphatic carboxylic acids is 1. The molecule has 0 aromatic heterocycles. The van der Waals surface area contributed by atoms with E-state index in [2.05, 4.69) is 10.6 Å². The Kier molecular flexibility index (Phi) is 22.9. The van der Waals surface area contributed by atoms with Crippen LogP contribution in [0.2, 0.25) is 0 Å². The quantitative estimate of drug-likeness (QED) is 0.0507. The smallest absolute Gasteiger partial charge is 0.364 e. The van der Waals surface area contributed by atoms with Crippen molar-refractivity contribution in [3.63, 3.8) is 0 Å². The van der Waals surface area contributed by atoms with Gasteiger partial charge in [-0.1, -0.05) is 0 Å². The Morgan fingerprint density at radius 1 is 0.494 bits per heavy atom. The molecule has 0 aliphatic carbocycles. The van der Waals surface area contributed by atoms with Crippen LogP contribution >= 0.6 is 0 Å². The van der Waals surface area contributed by atoms with Gasteiger partial charge < -0.3 is 165 Å². The van der Waals surface area contributed by atoms with E-state index >= 15 is 0 Å². The van der Waals surface area contributed by atoms with Crippen LogP contribution in [0.15, 0.2) is 0 Å². The van der Waals surface area contributed by atoms with Gasteiger partial charge in [0.25, 0.3) is 5.79 Å². The second-order valence-electron chi connectivity index (χ2n) is 19.7. The Hall–Kier alpha value is -2.79. The summed E-state index contributed by atoms with van der Waals surface area (Å²) in [7, 11) is 0. The van der Waals surface area contributed by atoms with E-state index in [4.69, 9.17) is 52.1 Å². The van der Waals surface area contributed by atoms with Gasteiger partial charge in [-0.2, -0.15) is 0 Å². The van der Waals surface area contributed by atoms with Gasteiger partial charge in [-0.05, 0) is 0 Å². The second-order valence-corrected chi connectivity index (χ2v) is 19.7. The topological polar surface area (TPSA) is 581 Å². The lowest BCUT2D eigenvalue weighted by atomic mass is 9.88. The zero-order chi connectivity index (χ0) is 58.7. The molecule has 2 amide bonds. The minimum atomic E-state index is -3.23. The number of ether oxygens (including phenoxy) is 11. The maximum absolute atomic E-state index is 13.1. The third-order valence-corrected chi connectivity index (χ3v) is 14.2. The average molecular weight is 1160 g/mol. The number of hydrogen-bond acceptors (Lipinski definition) is 33. The summed E-state index contributed by atoms with van der Waals surface area (Å²) >= 11 is 0. The highest BCUT2D eigenvalue weighted by molar-refractivity contribution is 5.76. The molecule has 0 spiro atoms. The van der Waals surface area contributed by atoms with Crippen molar-refractivity contribution in [1.29, 1.82) is 0 Å². The van der Waals surface area contributed by atoms with E-state index in [-0.39, 0.29) is 0 Å². The van der Waals surface area contributed by atoms with Crippen molar-refractivity contribution >= 4 is 17.8 Å². The number of aliphatic hydroxyl groups excluding tert-OH is 19. The summed E-state index contributed by atoms with van der Waals surface area (Å²) in [5.41, 5.74) is 0. The Balaban J connectivity index is 1.25. The van der Waals surface area contributed by atoms with Gasteiger partial charge in [0, 0.05) is 20.3 Å². The van der Waals surface area contributed by atoms with Gasteiger partial charge in [-0.25, -0.2) is 4.79 Å². The maximum Gasteiger partial charge on any atom is 0.364 e. The molecular formula is C43H72N2O34. The highest BCUT2D eigenvalue weighted by Crippen LogP contribution is 2.40. The van der Waals surface area contributed by atoms with E-state index < -0.39 is 254 Å². The number of hydrogen-bond donors (Lipinski definition) is 22. The molecule has 6 heterocycles. The zero-order valence-electron chi connectivity index (χ0n) is 41.9. The number of carboxylic acids is 1. The molecule has 36 heteroatoms. The van der Waals surface area contributed by atoms with Gasteiger partial charge in [-0.15, -0.1) is 0 Å². The first kappa shape index (κ1) is 65.4. The second kappa shape index (κ2) is 27.7. The molecule has 31 atom stereocenters. The monoisotopic (exact) mass is 1160 g/mol. The highest BCUT2D eigenvalue weighted by atomic mass is 16.8. The van der Waals surface area contributed by atoms with Crippen molar-refractivity contribution in [3.8, 4) is 0 Å². The molecule has 6 aliphatic heterocycles. The molecule has 6 fully saturated rings. The summed E-state index contributed by atoms with van der Waals surface area (Å²) in [6.07, 6.45) is -58.6. The van der Waals surface area contributed by atoms with Crippen molar-refractivity contribution in [1.82, 2.24) is 10.6 Å². The Morgan fingerprint density at radius 2 is 0.899 bits per heavy atom. The van der Waals surface area contributed by atoms with Gasteiger partial charge in [0.05, 0.1) is 51.8 Å². The van der Waals surface area contributed by atoms with E-state index in [1.54, 1.807) is 0 Å². The van der Waals surface area contributed by atoms with Gasteiger partial charge in [0.2, 0.25) is 11.8 Å². The van der Waals surface area contributed by atoms with Crippen LogP contribution in [0.3, 0.4) is 0 Å². The van der Waals surface area contributed by atoms with Crippen molar-refractivity contribution in [2.75, 3.05) is 39.6 Å². The number of nitrogens with one attached hydrogen (secondary N) is 2. The number of carbonyl (C=O) groups is 3. The Morgan fingerprint density at radius 3 is 1.39 bits per heavy atom. The first-order valence-corrected chi connectivity index (χ1v) is 24.8. The first-order chi connectivity index (χ1) is 37.2. The van der Waals surface area contributed by atoms with E-state index in [9.17, 15) is 117 Å². The fraction of sp³-hybridized carbons (Fsp3) is 0.930. The molecule has 0 aromatic rings. The standard InChI is InChI=1S/C43H72N2O34/c1-10(52)44-19-12(54)3-43(42(67)68,78-34(19)21(56)13(55)4-46)79-36-24(59)16(7-49)72-41(30(36)65)76-33-20(45-11(2)53)38(70-14(5-47)22(33)57)77-35-23(58)15(6-48)71-40(29(35)64)75-32-18(9-51)73-39(28(63)26(32)61)74-31-17(8-50)69-37(66)27(62)25(31)60/h12-41,46-51,54-66H,3-9H2,1-2H3,(H,44,52)(H,45,53)(H,67,68)/t12?,13-,14?,15?,16?,17?,18?,19?,20?,21?,22?,23?,24?,25?,26?,27?,28?,29?,30?,31?,32?,33?,34?,35?,36?,37?,38?,39?,40?,41?,43+/m1/s1. The molecule has 6 saturated heterocycles. The van der Waals surface area contributed by atoms with Crippen LogP contribution < -0.4 is 10.6 Å². The van der Waals surface area contributed by atoms with Crippen molar-refractivity contribution in [3.05, 3.63) is 0 Å². The largest absolute Gasteiger partial charge is 0.477 e. The number of rotatable bonds is 21. The predicted molar refractivity (Wildman–Crippen MR) is 240 cm³/mol. The SMILES string of the molecule is CC(=O)NC1C(OC2C(O)C(CO)OC(OC3C(CO)OC(OC4C(CO)OC(O)C(O)C4O)C(O)C3O)C2O)OC(CO)C(O)C1OC1OC(CO)C(O)C(O[C@]2(C(=O)O)CC(O)C(NC(C)=O)C(C(O)[C@H](O)CO)O2)C1O. The molecule has 79 heavy (non-hydrogen) atoms. The molecule has 6 rings (SSSR count). The van der Waals surface area contributed by atoms with Gasteiger partial charge in [-0.3, -0.25) is 9.59 Å². The van der Waals surface area contributed by atoms with E-state index in [1.165, 1.54) is 0 Å². The average Bonchev–Trinajstić information content (AvgIpc) is 3.58. The predicted octanol–water partition coefficient (Wildman–Crippen LogP) is -14.6. The van der Waals surface area contributed by atoms with E-state index in [0.29, 0.717) is 0 Å². The number of carboxylic acid groups (broad SMARTS) is 1. The number of aliphatic hydroxyl groups is 19. The van der Waals surface area contributed by atoms with Crippen LogP contribution in [-0.2, 0) is 66.5 Å². The summed E-state index contributed by atoms with van der Waals surface area (Å²) < 4.78 is 62.2. The van der Waals surface area contributed by atoms with Crippen LogP contribution in [0, 0.1) is 0 Å².